The molecule has 2 aromatic rings. The number of aryl methyl sites for hydroxylation is 2. The number of nitrogens with one attached hydrogen (secondary N) is 1. The number of hydrogen-bond acceptors (Lipinski definition) is 5. The van der Waals surface area contributed by atoms with Gasteiger partial charge < -0.3 is 15.0 Å². The molecule has 1 saturated heterocycles. The summed E-state index contributed by atoms with van der Waals surface area (Å²) in [5.41, 5.74) is 2.12. The Morgan fingerprint density at radius 3 is 2.71 bits per heavy atom. The van der Waals surface area contributed by atoms with Crippen LogP contribution in [0.3, 0.4) is 0 Å². The molecule has 0 radical (unpaired) electrons. The number of carbonyl (C=O) groups is 2. The second-order valence-electron chi connectivity index (χ2n) is 8.39. The van der Waals surface area contributed by atoms with Crippen molar-refractivity contribution in [1.82, 2.24) is 9.88 Å². The maximum absolute atomic E-state index is 13.4. The average molecular weight is 442 g/mol. The van der Waals surface area contributed by atoms with Crippen LogP contribution >= 0.6 is 11.3 Å². The molecule has 2 unspecified atom stereocenters. The van der Waals surface area contributed by atoms with Crippen molar-refractivity contribution in [3.8, 4) is 5.75 Å². The van der Waals surface area contributed by atoms with Crippen molar-refractivity contribution in [2.45, 2.75) is 64.3 Å². The summed E-state index contributed by atoms with van der Waals surface area (Å²) in [7, 11) is 1.64. The molecule has 31 heavy (non-hydrogen) atoms. The highest BCUT2D eigenvalue weighted by Crippen LogP contribution is 2.39. The van der Waals surface area contributed by atoms with E-state index in [0.717, 1.165) is 42.7 Å². The quantitative estimate of drug-likeness (QED) is 0.673. The van der Waals surface area contributed by atoms with Crippen LogP contribution in [0.4, 0.5) is 5.13 Å². The van der Waals surface area contributed by atoms with E-state index in [2.05, 4.69) is 17.2 Å². The third-order valence-corrected chi connectivity index (χ3v) is 7.40. The predicted molar refractivity (Wildman–Crippen MR) is 122 cm³/mol. The number of thiazole rings is 1. The van der Waals surface area contributed by atoms with E-state index in [1.54, 1.807) is 18.4 Å². The SMILES string of the molecule is CCCCN1C(=O)CCC(C(=O)Nc2nc3c(s2)CCCC3)C1c1ccc(OC)cc1. The van der Waals surface area contributed by atoms with Crippen molar-refractivity contribution in [1.29, 1.82) is 0 Å². The summed E-state index contributed by atoms with van der Waals surface area (Å²) in [6, 6.07) is 7.48. The van der Waals surface area contributed by atoms with Crippen LogP contribution in [0, 0.1) is 5.92 Å². The lowest BCUT2D eigenvalue weighted by atomic mass is 9.83. The number of piperidine rings is 1. The van der Waals surface area contributed by atoms with Gasteiger partial charge in [0.05, 0.1) is 24.8 Å². The van der Waals surface area contributed by atoms with Crippen LogP contribution in [-0.2, 0) is 22.4 Å². The monoisotopic (exact) mass is 441 g/mol. The van der Waals surface area contributed by atoms with E-state index in [0.29, 0.717) is 24.5 Å². The van der Waals surface area contributed by atoms with Crippen molar-refractivity contribution >= 4 is 28.3 Å². The molecule has 0 bridgehead atoms. The van der Waals surface area contributed by atoms with Crippen molar-refractivity contribution < 1.29 is 14.3 Å². The number of unbranched alkanes of at least 4 members (excludes halogenated alkanes) is 1. The molecule has 0 spiro atoms. The zero-order valence-electron chi connectivity index (χ0n) is 18.4. The highest BCUT2D eigenvalue weighted by Gasteiger charge is 2.40. The number of methoxy groups -OCH3 is 1. The standard InChI is InChI=1S/C24H31N3O3S/c1-3-4-15-27-21(28)14-13-18(22(27)16-9-11-17(30-2)12-10-16)23(29)26-24-25-19-7-5-6-8-20(19)31-24/h9-12,18,22H,3-8,13-15H2,1-2H3,(H,25,26,29). The molecule has 2 amide bonds. The molecule has 1 aliphatic carbocycles. The fourth-order valence-electron chi connectivity index (χ4n) is 4.64. The summed E-state index contributed by atoms with van der Waals surface area (Å²) in [5.74, 6) is 0.549. The molecule has 1 aromatic heterocycles. The average Bonchev–Trinajstić information content (AvgIpc) is 3.20. The highest BCUT2D eigenvalue weighted by atomic mass is 32.1. The number of hydrogen-bond donors (Lipinski definition) is 1. The molecule has 166 valence electrons. The zero-order valence-corrected chi connectivity index (χ0v) is 19.2. The van der Waals surface area contributed by atoms with Crippen molar-refractivity contribution in [3.05, 3.63) is 40.4 Å². The first-order valence-corrected chi connectivity index (χ1v) is 12.1. The van der Waals surface area contributed by atoms with E-state index in [1.165, 1.54) is 17.7 Å². The summed E-state index contributed by atoms with van der Waals surface area (Å²) in [6.45, 7) is 2.78. The van der Waals surface area contributed by atoms with Gasteiger partial charge in [0.15, 0.2) is 5.13 Å². The summed E-state index contributed by atoms with van der Waals surface area (Å²) in [6.07, 6.45) is 7.30. The van der Waals surface area contributed by atoms with Gasteiger partial charge in [-0.1, -0.05) is 25.5 Å². The van der Waals surface area contributed by atoms with E-state index in [9.17, 15) is 9.59 Å². The topological polar surface area (TPSA) is 71.5 Å². The Morgan fingerprint density at radius 1 is 1.23 bits per heavy atom. The van der Waals surface area contributed by atoms with Gasteiger partial charge in [0.1, 0.15) is 5.75 Å². The van der Waals surface area contributed by atoms with E-state index in [-0.39, 0.29) is 23.8 Å². The van der Waals surface area contributed by atoms with Gasteiger partial charge in [0.2, 0.25) is 11.8 Å². The molecule has 1 aromatic carbocycles. The number of anilines is 1. The normalized spacial score (nSPS) is 21.0. The molecule has 6 nitrogen and oxygen atoms in total. The Kier molecular flexibility index (Phi) is 6.90. The maximum atomic E-state index is 13.4. The Bertz CT molecular complexity index is 901. The fraction of sp³-hybridized carbons (Fsp3) is 0.542. The van der Waals surface area contributed by atoms with Crippen LogP contribution < -0.4 is 10.1 Å². The summed E-state index contributed by atoms with van der Waals surface area (Å²) in [4.78, 5) is 34.1. The molecule has 1 fully saturated rings. The summed E-state index contributed by atoms with van der Waals surface area (Å²) < 4.78 is 5.30. The van der Waals surface area contributed by atoms with Crippen LogP contribution in [0.2, 0.25) is 0 Å². The Hall–Kier alpha value is -2.41. The van der Waals surface area contributed by atoms with Crippen molar-refractivity contribution in [2.24, 2.45) is 5.92 Å². The number of nitrogens with zero attached hydrogens (tertiary/aromatic N) is 2. The third-order valence-electron chi connectivity index (χ3n) is 6.33. The first-order valence-electron chi connectivity index (χ1n) is 11.3. The molecule has 1 aliphatic heterocycles. The van der Waals surface area contributed by atoms with E-state index < -0.39 is 0 Å². The number of carbonyl (C=O) groups excluding carboxylic acids is 2. The lowest BCUT2D eigenvalue weighted by Crippen LogP contribution is -2.47. The second-order valence-corrected chi connectivity index (χ2v) is 9.47. The van der Waals surface area contributed by atoms with E-state index >= 15 is 0 Å². The summed E-state index contributed by atoms with van der Waals surface area (Å²) >= 11 is 1.60. The number of fused-ring (bicyclic) bond motifs is 1. The van der Waals surface area contributed by atoms with Gasteiger partial charge in [0.25, 0.3) is 0 Å². The fourth-order valence-corrected chi connectivity index (χ4v) is 5.69. The Labute approximate surface area is 188 Å². The Balaban J connectivity index is 1.59. The van der Waals surface area contributed by atoms with Gasteiger partial charge in [-0.25, -0.2) is 4.98 Å². The molecule has 4 rings (SSSR count). The van der Waals surface area contributed by atoms with Gasteiger partial charge >= 0.3 is 0 Å². The zero-order chi connectivity index (χ0) is 21.8. The van der Waals surface area contributed by atoms with Gasteiger partial charge in [-0.2, -0.15) is 0 Å². The van der Waals surface area contributed by atoms with Crippen molar-refractivity contribution in [3.63, 3.8) is 0 Å². The minimum Gasteiger partial charge on any atom is -0.497 e. The van der Waals surface area contributed by atoms with E-state index in [4.69, 9.17) is 4.74 Å². The van der Waals surface area contributed by atoms with Crippen molar-refractivity contribution in [2.75, 3.05) is 19.0 Å². The van der Waals surface area contributed by atoms with Gasteiger partial charge in [0, 0.05) is 17.8 Å². The third kappa shape index (κ3) is 4.76. The molecule has 2 atom stereocenters. The largest absolute Gasteiger partial charge is 0.497 e. The molecule has 2 aliphatic rings. The lowest BCUT2D eigenvalue weighted by Gasteiger charge is -2.41. The highest BCUT2D eigenvalue weighted by molar-refractivity contribution is 7.15. The number of rotatable bonds is 7. The predicted octanol–water partition coefficient (Wildman–Crippen LogP) is 4.75. The molecule has 1 N–H and O–H groups in total. The minimum absolute atomic E-state index is 0.0408. The Morgan fingerprint density at radius 2 is 2.00 bits per heavy atom. The van der Waals surface area contributed by atoms with Gasteiger partial charge in [-0.3, -0.25) is 9.59 Å². The first-order chi connectivity index (χ1) is 15.1. The molecule has 7 heteroatoms. The summed E-state index contributed by atoms with van der Waals surface area (Å²) in [5, 5.41) is 3.79. The van der Waals surface area contributed by atoms with Crippen LogP contribution in [0.15, 0.2) is 24.3 Å². The number of aromatic nitrogens is 1. The molecular weight excluding hydrogens is 410 g/mol. The molecule has 2 heterocycles. The van der Waals surface area contributed by atoms with E-state index in [1.807, 2.05) is 29.2 Å². The van der Waals surface area contributed by atoms with Crippen LogP contribution in [-0.4, -0.2) is 35.4 Å². The number of ether oxygens (including phenoxy) is 1. The van der Waals surface area contributed by atoms with Gasteiger partial charge in [-0.05, 0) is 56.2 Å². The maximum Gasteiger partial charge on any atom is 0.231 e. The van der Waals surface area contributed by atoms with Crippen LogP contribution in [0.5, 0.6) is 5.75 Å². The molecular formula is C24H31N3O3S. The minimum atomic E-state index is -0.302. The first kappa shape index (κ1) is 21.8. The smallest absolute Gasteiger partial charge is 0.231 e. The second kappa shape index (κ2) is 9.81. The van der Waals surface area contributed by atoms with Crippen LogP contribution in [0.25, 0.3) is 0 Å². The number of benzene rings is 1. The lowest BCUT2D eigenvalue weighted by molar-refractivity contribution is -0.142. The number of likely N-dealkylation sites (tertiary alicyclic amines) is 1. The number of amides is 2. The van der Waals surface area contributed by atoms with Gasteiger partial charge in [-0.15, -0.1) is 11.3 Å². The van der Waals surface area contributed by atoms with Crippen LogP contribution in [0.1, 0.15) is 67.6 Å². The molecule has 0 saturated carbocycles.